The predicted molar refractivity (Wildman–Crippen MR) is 141 cm³/mol. The second-order valence-electron chi connectivity index (χ2n) is 8.76. The monoisotopic (exact) mass is 517 g/mol. The third kappa shape index (κ3) is 7.06. The van der Waals surface area contributed by atoms with E-state index in [1.54, 1.807) is 55.5 Å². The van der Waals surface area contributed by atoms with E-state index in [0.717, 1.165) is 25.7 Å². The smallest absolute Gasteiger partial charge is 0.344 e. The number of nitrogens with zero attached hydrogens (tertiary/aromatic N) is 1. The van der Waals surface area contributed by atoms with E-state index in [2.05, 4.69) is 11.6 Å². The maximum atomic E-state index is 13.6. The van der Waals surface area contributed by atoms with E-state index >= 15 is 0 Å². The lowest BCUT2D eigenvalue weighted by Gasteiger charge is -2.13. The summed E-state index contributed by atoms with van der Waals surface area (Å²) >= 11 is 0. The summed E-state index contributed by atoms with van der Waals surface area (Å²) in [6, 6.07) is 15.9. The van der Waals surface area contributed by atoms with Gasteiger partial charge in [-0.15, -0.1) is 0 Å². The van der Waals surface area contributed by atoms with Gasteiger partial charge in [-0.1, -0.05) is 18.7 Å². The second-order valence-corrected chi connectivity index (χ2v) is 8.76. The molecule has 0 aliphatic rings. The first-order chi connectivity index (χ1) is 18.4. The highest BCUT2D eigenvalue weighted by molar-refractivity contribution is 5.99. The molecule has 0 amide bonds. The normalized spacial score (nSPS) is 10.8. The van der Waals surface area contributed by atoms with Gasteiger partial charge in [-0.2, -0.15) is 0 Å². The lowest BCUT2D eigenvalue weighted by atomic mass is 9.99. The van der Waals surface area contributed by atoms with Gasteiger partial charge >= 0.3 is 11.9 Å². The standard InChI is InChI=1S/C30H28FNO6/c1-20(2)29(33)36-16-6-4-3-5-15-35-23-11-13-25(26(17-23)21-7-9-22(31)10-8-21)30(34)38-24-12-14-28-27(18-24)32-19-37-28/h7-14,17-19H,1,3-6,15-16H2,2H3. The fraction of sp³-hybridized carbons (Fsp3) is 0.233. The van der Waals surface area contributed by atoms with Crippen LogP contribution in [0.25, 0.3) is 22.2 Å². The predicted octanol–water partition coefficient (Wildman–Crippen LogP) is 6.91. The average Bonchev–Trinajstić information content (AvgIpc) is 3.38. The van der Waals surface area contributed by atoms with Gasteiger partial charge in [-0.3, -0.25) is 0 Å². The molecule has 0 saturated heterocycles. The summed E-state index contributed by atoms with van der Waals surface area (Å²) in [5.74, 6) is -0.392. The van der Waals surface area contributed by atoms with Crippen LogP contribution >= 0.6 is 0 Å². The van der Waals surface area contributed by atoms with Crippen molar-refractivity contribution in [2.45, 2.75) is 32.6 Å². The quantitative estimate of drug-likeness (QED) is 0.0873. The molecule has 0 spiro atoms. The third-order valence-electron chi connectivity index (χ3n) is 5.77. The summed E-state index contributed by atoms with van der Waals surface area (Å²) in [4.78, 5) is 28.6. The van der Waals surface area contributed by atoms with Crippen molar-refractivity contribution in [3.8, 4) is 22.6 Å². The molecule has 0 bridgehead atoms. The highest BCUT2D eigenvalue weighted by Gasteiger charge is 2.17. The maximum absolute atomic E-state index is 13.6. The topological polar surface area (TPSA) is 87.9 Å². The van der Waals surface area contributed by atoms with E-state index in [1.165, 1.54) is 18.5 Å². The molecule has 0 radical (unpaired) electrons. The van der Waals surface area contributed by atoms with Gasteiger partial charge in [0.2, 0.25) is 0 Å². The van der Waals surface area contributed by atoms with Gasteiger partial charge in [0.1, 0.15) is 22.8 Å². The minimum atomic E-state index is -0.564. The first kappa shape index (κ1) is 26.6. The van der Waals surface area contributed by atoms with Crippen molar-refractivity contribution in [3.63, 3.8) is 0 Å². The molecule has 196 valence electrons. The molecule has 0 atom stereocenters. The lowest BCUT2D eigenvalue weighted by molar-refractivity contribution is -0.139. The minimum Gasteiger partial charge on any atom is -0.494 e. The number of rotatable bonds is 12. The summed E-state index contributed by atoms with van der Waals surface area (Å²) in [7, 11) is 0. The Labute approximate surface area is 219 Å². The number of aromatic nitrogens is 1. The Morgan fingerprint density at radius 2 is 1.66 bits per heavy atom. The molecule has 38 heavy (non-hydrogen) atoms. The summed E-state index contributed by atoms with van der Waals surface area (Å²) in [6.45, 7) is 6.03. The molecule has 0 saturated carbocycles. The number of carbonyl (C=O) groups excluding carboxylic acids is 2. The van der Waals surface area contributed by atoms with Gasteiger partial charge in [-0.05, 0) is 86.2 Å². The highest BCUT2D eigenvalue weighted by atomic mass is 19.1. The van der Waals surface area contributed by atoms with E-state index in [0.29, 0.717) is 58.1 Å². The molecule has 4 rings (SSSR count). The zero-order valence-corrected chi connectivity index (χ0v) is 21.1. The second kappa shape index (κ2) is 12.7. The molecule has 7 nitrogen and oxygen atoms in total. The Morgan fingerprint density at radius 1 is 0.921 bits per heavy atom. The fourth-order valence-electron chi connectivity index (χ4n) is 3.76. The zero-order chi connectivity index (χ0) is 26.9. The molecule has 4 aromatic rings. The van der Waals surface area contributed by atoms with Gasteiger partial charge < -0.3 is 18.6 Å². The molecule has 0 fully saturated rings. The third-order valence-corrected chi connectivity index (χ3v) is 5.77. The fourth-order valence-corrected chi connectivity index (χ4v) is 3.76. The van der Waals surface area contributed by atoms with Crippen molar-refractivity contribution >= 4 is 23.0 Å². The molecule has 1 aromatic heterocycles. The van der Waals surface area contributed by atoms with E-state index < -0.39 is 5.97 Å². The van der Waals surface area contributed by atoms with Crippen molar-refractivity contribution in [1.29, 1.82) is 0 Å². The lowest BCUT2D eigenvalue weighted by Crippen LogP contribution is -2.10. The van der Waals surface area contributed by atoms with Crippen molar-refractivity contribution in [2.24, 2.45) is 0 Å². The van der Waals surface area contributed by atoms with Crippen molar-refractivity contribution < 1.29 is 32.6 Å². The zero-order valence-electron chi connectivity index (χ0n) is 21.1. The largest absolute Gasteiger partial charge is 0.494 e. The first-order valence-electron chi connectivity index (χ1n) is 12.3. The molecule has 8 heteroatoms. The van der Waals surface area contributed by atoms with Crippen LogP contribution in [0.15, 0.2) is 83.6 Å². The number of fused-ring (bicyclic) bond motifs is 1. The molecule has 0 aliphatic carbocycles. The van der Waals surface area contributed by atoms with Crippen LogP contribution in [0, 0.1) is 5.82 Å². The van der Waals surface area contributed by atoms with Crippen LogP contribution in [0.2, 0.25) is 0 Å². The Morgan fingerprint density at radius 3 is 2.42 bits per heavy atom. The molecule has 0 N–H and O–H groups in total. The average molecular weight is 518 g/mol. The van der Waals surface area contributed by atoms with Crippen molar-refractivity contribution in [1.82, 2.24) is 4.98 Å². The summed E-state index contributed by atoms with van der Waals surface area (Å²) in [5.41, 5.74) is 3.09. The van der Waals surface area contributed by atoms with Crippen LogP contribution in [0.5, 0.6) is 11.5 Å². The minimum absolute atomic E-state index is 0.313. The highest BCUT2D eigenvalue weighted by Crippen LogP contribution is 2.30. The number of halogens is 1. The Bertz CT molecular complexity index is 1430. The van der Waals surface area contributed by atoms with Crippen LogP contribution in [-0.2, 0) is 9.53 Å². The van der Waals surface area contributed by atoms with Gasteiger partial charge in [0.25, 0.3) is 0 Å². The number of unbranched alkanes of at least 4 members (excludes halogenated alkanes) is 3. The number of ether oxygens (including phenoxy) is 3. The van der Waals surface area contributed by atoms with Gasteiger partial charge in [-0.25, -0.2) is 19.0 Å². The number of esters is 2. The SMILES string of the molecule is C=C(C)C(=O)OCCCCCCOc1ccc(C(=O)Oc2ccc3ocnc3c2)c(-c2ccc(F)cc2)c1. The Balaban J connectivity index is 1.38. The van der Waals surface area contributed by atoms with Gasteiger partial charge in [0.15, 0.2) is 12.0 Å². The molecule has 0 aliphatic heterocycles. The number of benzene rings is 3. The maximum Gasteiger partial charge on any atom is 0.344 e. The Kier molecular flexibility index (Phi) is 8.87. The summed E-state index contributed by atoms with van der Waals surface area (Å²) in [5, 5.41) is 0. The first-order valence-corrected chi connectivity index (χ1v) is 12.3. The van der Waals surface area contributed by atoms with Crippen LogP contribution in [0.4, 0.5) is 4.39 Å². The number of oxazole rings is 1. The number of hydrogen-bond donors (Lipinski definition) is 0. The molecular weight excluding hydrogens is 489 g/mol. The van der Waals surface area contributed by atoms with Gasteiger partial charge in [0, 0.05) is 11.6 Å². The van der Waals surface area contributed by atoms with E-state index in [9.17, 15) is 14.0 Å². The Hall–Kier alpha value is -4.46. The number of carbonyl (C=O) groups is 2. The molecular formula is C30H28FNO6. The number of hydrogen-bond acceptors (Lipinski definition) is 7. The molecule has 1 heterocycles. The van der Waals surface area contributed by atoms with E-state index in [4.69, 9.17) is 18.6 Å². The van der Waals surface area contributed by atoms with Gasteiger partial charge in [0.05, 0.1) is 18.8 Å². The van der Waals surface area contributed by atoms with E-state index in [1.807, 2.05) is 0 Å². The van der Waals surface area contributed by atoms with E-state index in [-0.39, 0.29) is 11.8 Å². The summed E-state index contributed by atoms with van der Waals surface area (Å²) in [6.07, 6.45) is 4.72. The molecule has 3 aromatic carbocycles. The molecule has 0 unspecified atom stereocenters. The van der Waals surface area contributed by atoms with Crippen LogP contribution in [0.1, 0.15) is 43.0 Å². The van der Waals surface area contributed by atoms with Crippen LogP contribution in [0.3, 0.4) is 0 Å². The van der Waals surface area contributed by atoms with Crippen molar-refractivity contribution in [3.05, 3.63) is 90.6 Å². The van der Waals surface area contributed by atoms with Crippen molar-refractivity contribution in [2.75, 3.05) is 13.2 Å². The summed E-state index contributed by atoms with van der Waals surface area (Å²) < 4.78 is 35.4. The van der Waals surface area contributed by atoms with Crippen LogP contribution in [-0.4, -0.2) is 30.1 Å². The van der Waals surface area contributed by atoms with Crippen LogP contribution < -0.4 is 9.47 Å².